The Balaban J connectivity index is 1.48. The lowest BCUT2D eigenvalue weighted by atomic mass is 10.1. The lowest BCUT2D eigenvalue weighted by Crippen LogP contribution is -2.44. The zero-order valence-corrected chi connectivity index (χ0v) is 11.5. The number of hydrogen-bond donors (Lipinski definition) is 2. The summed E-state index contributed by atoms with van der Waals surface area (Å²) in [6.07, 6.45) is 5.16. The van der Waals surface area contributed by atoms with Crippen LogP contribution in [0, 0.1) is 18.8 Å². The van der Waals surface area contributed by atoms with Crippen LogP contribution in [-0.2, 0) is 6.54 Å². The lowest BCUT2D eigenvalue weighted by molar-refractivity contribution is 0.233. The van der Waals surface area contributed by atoms with Crippen molar-refractivity contribution in [2.24, 2.45) is 11.8 Å². The predicted molar refractivity (Wildman–Crippen MR) is 75.8 cm³/mol. The summed E-state index contributed by atoms with van der Waals surface area (Å²) in [6.45, 7) is 2.68. The van der Waals surface area contributed by atoms with Gasteiger partial charge < -0.3 is 10.6 Å². The zero-order chi connectivity index (χ0) is 13.2. The van der Waals surface area contributed by atoms with Crippen LogP contribution in [0.3, 0.4) is 0 Å². The largest absolute Gasteiger partial charge is 0.335 e. The first-order valence-corrected chi connectivity index (χ1v) is 7.32. The van der Waals surface area contributed by atoms with E-state index in [0.29, 0.717) is 12.6 Å². The first kappa shape index (κ1) is 12.5. The van der Waals surface area contributed by atoms with Crippen LogP contribution in [0.25, 0.3) is 0 Å². The molecule has 2 aliphatic rings. The summed E-state index contributed by atoms with van der Waals surface area (Å²) in [6, 6.07) is 8.68. The van der Waals surface area contributed by atoms with Gasteiger partial charge in [0.05, 0.1) is 0 Å². The monoisotopic (exact) mass is 258 g/mol. The fraction of sp³-hybridized carbons (Fsp3) is 0.562. The van der Waals surface area contributed by atoms with E-state index in [1.165, 1.54) is 31.2 Å². The van der Waals surface area contributed by atoms with Gasteiger partial charge in [0, 0.05) is 12.6 Å². The molecular weight excluding hydrogens is 236 g/mol. The number of rotatable bonds is 5. The highest BCUT2D eigenvalue weighted by molar-refractivity contribution is 5.74. The Morgan fingerprint density at radius 3 is 2.53 bits per heavy atom. The number of nitrogens with one attached hydrogen (secondary N) is 2. The fourth-order valence-corrected chi connectivity index (χ4v) is 2.74. The van der Waals surface area contributed by atoms with Crippen molar-refractivity contribution in [2.75, 3.05) is 0 Å². The van der Waals surface area contributed by atoms with Crippen LogP contribution in [0.1, 0.15) is 36.8 Å². The lowest BCUT2D eigenvalue weighted by Gasteiger charge is -2.18. The van der Waals surface area contributed by atoms with Crippen LogP contribution < -0.4 is 10.6 Å². The van der Waals surface area contributed by atoms with Crippen LogP contribution in [0.2, 0.25) is 0 Å². The highest BCUT2D eigenvalue weighted by Gasteiger charge is 2.42. The van der Waals surface area contributed by atoms with Gasteiger partial charge in [-0.15, -0.1) is 0 Å². The smallest absolute Gasteiger partial charge is 0.315 e. The summed E-state index contributed by atoms with van der Waals surface area (Å²) in [5, 5.41) is 6.15. The molecule has 0 aromatic heterocycles. The second kappa shape index (κ2) is 5.24. The maximum atomic E-state index is 12.0. The summed E-state index contributed by atoms with van der Waals surface area (Å²) in [4.78, 5) is 12.0. The van der Waals surface area contributed by atoms with Gasteiger partial charge in [0.15, 0.2) is 0 Å². The highest BCUT2D eigenvalue weighted by atomic mass is 16.2. The van der Waals surface area contributed by atoms with Crippen LogP contribution in [0.5, 0.6) is 0 Å². The molecule has 0 bridgehead atoms. The Morgan fingerprint density at radius 1 is 1.26 bits per heavy atom. The standard InChI is InChI=1S/C16H22N2O/c1-11-3-2-4-12(9-11)10-17-16(19)18-15(13-5-6-13)14-7-8-14/h2-4,9,13-15H,5-8,10H2,1H3,(H2,17,18,19). The molecule has 3 nitrogen and oxygen atoms in total. The molecule has 2 aliphatic carbocycles. The molecule has 3 rings (SSSR count). The van der Waals surface area contributed by atoms with Gasteiger partial charge >= 0.3 is 6.03 Å². The molecule has 3 heteroatoms. The minimum Gasteiger partial charge on any atom is -0.335 e. The first-order valence-electron chi connectivity index (χ1n) is 7.32. The van der Waals surface area contributed by atoms with Crippen LogP contribution in [0.4, 0.5) is 4.79 Å². The van der Waals surface area contributed by atoms with Crippen molar-refractivity contribution >= 4 is 6.03 Å². The van der Waals surface area contributed by atoms with Crippen molar-refractivity contribution < 1.29 is 4.79 Å². The van der Waals surface area contributed by atoms with Crippen molar-refractivity contribution in [1.29, 1.82) is 0 Å². The number of urea groups is 1. The Morgan fingerprint density at radius 2 is 1.95 bits per heavy atom. The van der Waals surface area contributed by atoms with Gasteiger partial charge in [-0.05, 0) is 50.0 Å². The molecular formula is C16H22N2O. The van der Waals surface area contributed by atoms with E-state index in [2.05, 4.69) is 29.7 Å². The topological polar surface area (TPSA) is 41.1 Å². The number of carbonyl (C=O) groups is 1. The summed E-state index contributed by atoms with van der Waals surface area (Å²) in [5.74, 6) is 1.49. The molecule has 2 fully saturated rings. The van der Waals surface area contributed by atoms with Crippen molar-refractivity contribution in [2.45, 2.75) is 45.2 Å². The van der Waals surface area contributed by atoms with Crippen molar-refractivity contribution in [3.8, 4) is 0 Å². The van der Waals surface area contributed by atoms with Gasteiger partial charge in [-0.1, -0.05) is 29.8 Å². The van der Waals surface area contributed by atoms with E-state index >= 15 is 0 Å². The molecule has 102 valence electrons. The third-order valence-corrected chi connectivity index (χ3v) is 4.09. The van der Waals surface area contributed by atoms with E-state index in [9.17, 15) is 4.79 Å². The van der Waals surface area contributed by atoms with E-state index < -0.39 is 0 Å². The number of carbonyl (C=O) groups excluding carboxylic acids is 1. The minimum absolute atomic E-state index is 0.00898. The molecule has 0 radical (unpaired) electrons. The van der Waals surface area contributed by atoms with Crippen molar-refractivity contribution in [1.82, 2.24) is 10.6 Å². The van der Waals surface area contributed by atoms with Crippen LogP contribution >= 0.6 is 0 Å². The van der Waals surface area contributed by atoms with E-state index in [0.717, 1.165) is 17.4 Å². The van der Waals surface area contributed by atoms with Gasteiger partial charge in [0.25, 0.3) is 0 Å². The van der Waals surface area contributed by atoms with E-state index in [-0.39, 0.29) is 6.03 Å². The highest BCUT2D eigenvalue weighted by Crippen LogP contribution is 2.44. The molecule has 1 aromatic rings. The maximum absolute atomic E-state index is 12.0. The zero-order valence-electron chi connectivity index (χ0n) is 11.5. The Kier molecular flexibility index (Phi) is 3.45. The minimum atomic E-state index is -0.00898. The second-order valence-corrected chi connectivity index (χ2v) is 6.02. The molecule has 2 N–H and O–H groups in total. The maximum Gasteiger partial charge on any atom is 0.315 e. The van der Waals surface area contributed by atoms with Gasteiger partial charge in [-0.2, -0.15) is 0 Å². The average Bonchev–Trinajstić information content (AvgIpc) is 3.27. The van der Waals surface area contributed by atoms with E-state index in [4.69, 9.17) is 0 Å². The summed E-state index contributed by atoms with van der Waals surface area (Å²) < 4.78 is 0. The fourth-order valence-electron chi connectivity index (χ4n) is 2.74. The van der Waals surface area contributed by atoms with E-state index in [1.807, 2.05) is 12.1 Å². The first-order chi connectivity index (χ1) is 9.22. The van der Waals surface area contributed by atoms with Crippen LogP contribution in [-0.4, -0.2) is 12.1 Å². The summed E-state index contributed by atoms with van der Waals surface area (Å²) in [7, 11) is 0. The number of amides is 2. The van der Waals surface area contributed by atoms with Crippen molar-refractivity contribution in [3.05, 3.63) is 35.4 Å². The Hall–Kier alpha value is -1.51. The number of hydrogen-bond acceptors (Lipinski definition) is 1. The van der Waals surface area contributed by atoms with Gasteiger partial charge in [0.1, 0.15) is 0 Å². The van der Waals surface area contributed by atoms with Gasteiger partial charge in [0.2, 0.25) is 0 Å². The molecule has 19 heavy (non-hydrogen) atoms. The second-order valence-electron chi connectivity index (χ2n) is 6.02. The molecule has 0 unspecified atom stereocenters. The third-order valence-electron chi connectivity index (χ3n) is 4.09. The molecule has 0 atom stereocenters. The Labute approximate surface area is 114 Å². The summed E-state index contributed by atoms with van der Waals surface area (Å²) in [5.41, 5.74) is 2.39. The quantitative estimate of drug-likeness (QED) is 0.837. The average molecular weight is 258 g/mol. The molecule has 0 aliphatic heterocycles. The van der Waals surface area contributed by atoms with Gasteiger partial charge in [-0.25, -0.2) is 4.79 Å². The molecule has 1 aromatic carbocycles. The molecule has 2 saturated carbocycles. The molecule has 0 saturated heterocycles. The molecule has 0 heterocycles. The van der Waals surface area contributed by atoms with Crippen LogP contribution in [0.15, 0.2) is 24.3 Å². The van der Waals surface area contributed by atoms with Crippen molar-refractivity contribution in [3.63, 3.8) is 0 Å². The van der Waals surface area contributed by atoms with Gasteiger partial charge in [-0.3, -0.25) is 0 Å². The SMILES string of the molecule is Cc1cccc(CNC(=O)NC(C2CC2)C2CC2)c1. The normalized spacial score (nSPS) is 18.4. The summed E-state index contributed by atoms with van der Waals surface area (Å²) >= 11 is 0. The molecule has 2 amide bonds. The molecule has 0 spiro atoms. The third kappa shape index (κ3) is 3.49. The predicted octanol–water partition coefficient (Wildman–Crippen LogP) is 2.98. The Bertz CT molecular complexity index is 452. The number of aryl methyl sites for hydroxylation is 1. The van der Waals surface area contributed by atoms with E-state index in [1.54, 1.807) is 0 Å². The number of benzene rings is 1.